The molecule has 0 atom stereocenters. The molecule has 2 amide bonds. The lowest BCUT2D eigenvalue weighted by molar-refractivity contribution is -0.147. The van der Waals surface area contributed by atoms with Gasteiger partial charge in [0.05, 0.1) is 7.11 Å². The number of esters is 1. The Morgan fingerprint density at radius 3 is 1.80 bits per heavy atom. The summed E-state index contributed by atoms with van der Waals surface area (Å²) in [7, 11) is 1.55. The molecular formula is C26H25BrN2O6. The number of hydrogen-bond acceptors (Lipinski definition) is 6. The molecule has 0 aliphatic heterocycles. The summed E-state index contributed by atoms with van der Waals surface area (Å²) < 4.78 is 16.7. The summed E-state index contributed by atoms with van der Waals surface area (Å²) in [6.07, 6.45) is 0.475. The zero-order valence-corrected chi connectivity index (χ0v) is 20.7. The van der Waals surface area contributed by atoms with Crippen LogP contribution in [0.3, 0.4) is 0 Å². The van der Waals surface area contributed by atoms with Crippen LogP contribution < -0.4 is 20.1 Å². The van der Waals surface area contributed by atoms with E-state index in [4.69, 9.17) is 14.2 Å². The molecule has 182 valence electrons. The summed E-state index contributed by atoms with van der Waals surface area (Å²) in [6.45, 7) is -0.397. The van der Waals surface area contributed by atoms with Gasteiger partial charge in [-0.3, -0.25) is 14.4 Å². The van der Waals surface area contributed by atoms with Crippen LogP contribution in [0.1, 0.15) is 19.3 Å². The first-order valence-electron chi connectivity index (χ1n) is 10.8. The average molecular weight is 541 g/mol. The number of amides is 2. The maximum atomic E-state index is 12.1. The van der Waals surface area contributed by atoms with Crippen molar-refractivity contribution in [3.8, 4) is 17.2 Å². The molecule has 0 saturated heterocycles. The summed E-state index contributed by atoms with van der Waals surface area (Å²) in [5, 5.41) is 5.40. The van der Waals surface area contributed by atoms with Gasteiger partial charge in [0.25, 0.3) is 5.91 Å². The van der Waals surface area contributed by atoms with Crippen molar-refractivity contribution < 1.29 is 28.6 Å². The highest BCUT2D eigenvalue weighted by Gasteiger charge is 2.10. The van der Waals surface area contributed by atoms with Gasteiger partial charge in [0.2, 0.25) is 5.91 Å². The number of halogens is 1. The number of hydrogen-bond donors (Lipinski definition) is 2. The van der Waals surface area contributed by atoms with Crippen LogP contribution >= 0.6 is 15.9 Å². The van der Waals surface area contributed by atoms with Crippen LogP contribution in [0.4, 0.5) is 11.4 Å². The van der Waals surface area contributed by atoms with Gasteiger partial charge in [-0.2, -0.15) is 0 Å². The van der Waals surface area contributed by atoms with Crippen LogP contribution in [0.15, 0.2) is 77.3 Å². The molecule has 0 unspecified atom stereocenters. The molecule has 0 bridgehead atoms. The molecule has 0 aliphatic carbocycles. The Kier molecular flexibility index (Phi) is 9.68. The molecule has 9 heteroatoms. The van der Waals surface area contributed by atoms with Crippen molar-refractivity contribution >= 4 is 45.1 Å². The number of rotatable bonds is 11. The van der Waals surface area contributed by atoms with E-state index in [1.807, 2.05) is 24.3 Å². The zero-order valence-electron chi connectivity index (χ0n) is 19.1. The lowest BCUT2D eigenvalue weighted by atomic mass is 10.2. The monoisotopic (exact) mass is 540 g/mol. The van der Waals surface area contributed by atoms with Crippen molar-refractivity contribution in [2.45, 2.75) is 19.3 Å². The Morgan fingerprint density at radius 1 is 0.714 bits per heavy atom. The second-order valence-electron chi connectivity index (χ2n) is 7.42. The molecule has 2 N–H and O–H groups in total. The topological polar surface area (TPSA) is 103 Å². The van der Waals surface area contributed by atoms with E-state index in [0.29, 0.717) is 35.0 Å². The van der Waals surface area contributed by atoms with Crippen LogP contribution in [0, 0.1) is 0 Å². The van der Waals surface area contributed by atoms with Crippen molar-refractivity contribution in [1.29, 1.82) is 0 Å². The van der Waals surface area contributed by atoms with Gasteiger partial charge in [0.1, 0.15) is 17.2 Å². The Balaban J connectivity index is 1.31. The van der Waals surface area contributed by atoms with Crippen LogP contribution in [0.5, 0.6) is 17.2 Å². The van der Waals surface area contributed by atoms with E-state index in [2.05, 4.69) is 26.6 Å². The number of anilines is 2. The first-order chi connectivity index (χ1) is 16.9. The standard InChI is InChI=1S/C26H25BrN2O6/c1-33-21-13-7-20(8-14-21)29-25(31)17-34-26(32)4-2-3-24(30)28-19-9-15-23(16-10-19)35-22-11-5-18(27)6-12-22/h5-16H,2-4,17H2,1H3,(H,28,30)(H,29,31). The Hall–Kier alpha value is -3.85. The van der Waals surface area contributed by atoms with Crippen molar-refractivity contribution in [2.24, 2.45) is 0 Å². The van der Waals surface area contributed by atoms with E-state index in [9.17, 15) is 14.4 Å². The Morgan fingerprint density at radius 2 is 1.23 bits per heavy atom. The van der Waals surface area contributed by atoms with Gasteiger partial charge >= 0.3 is 5.97 Å². The van der Waals surface area contributed by atoms with Crippen molar-refractivity contribution in [2.75, 3.05) is 24.4 Å². The minimum Gasteiger partial charge on any atom is -0.497 e. The highest BCUT2D eigenvalue weighted by Crippen LogP contribution is 2.24. The molecule has 0 fully saturated rings. The molecule has 0 radical (unpaired) electrons. The molecule has 35 heavy (non-hydrogen) atoms. The summed E-state index contributed by atoms with van der Waals surface area (Å²) >= 11 is 3.38. The summed E-state index contributed by atoms with van der Waals surface area (Å²) in [5.41, 5.74) is 1.19. The molecule has 0 saturated carbocycles. The molecule has 0 heterocycles. The number of benzene rings is 3. The van der Waals surface area contributed by atoms with E-state index in [1.54, 1.807) is 55.6 Å². The molecule has 8 nitrogen and oxygen atoms in total. The largest absolute Gasteiger partial charge is 0.497 e. The number of methoxy groups -OCH3 is 1. The highest BCUT2D eigenvalue weighted by molar-refractivity contribution is 9.10. The van der Waals surface area contributed by atoms with Crippen LogP contribution in [0.2, 0.25) is 0 Å². The van der Waals surface area contributed by atoms with Crippen molar-refractivity contribution in [3.05, 3.63) is 77.3 Å². The summed E-state index contributed by atoms with van der Waals surface area (Å²) in [5.74, 6) is 0.794. The molecule has 3 rings (SSSR count). The van der Waals surface area contributed by atoms with E-state index >= 15 is 0 Å². The lowest BCUT2D eigenvalue weighted by Gasteiger charge is -2.09. The van der Waals surface area contributed by atoms with E-state index in [1.165, 1.54) is 0 Å². The van der Waals surface area contributed by atoms with Crippen LogP contribution in [-0.4, -0.2) is 31.5 Å². The fraction of sp³-hybridized carbons (Fsp3) is 0.192. The Bertz CT molecular complexity index is 1130. The Labute approximate surface area is 211 Å². The normalized spacial score (nSPS) is 10.2. The number of nitrogens with one attached hydrogen (secondary N) is 2. The van der Waals surface area contributed by atoms with Gasteiger partial charge < -0.3 is 24.8 Å². The van der Waals surface area contributed by atoms with Crippen LogP contribution in [0.25, 0.3) is 0 Å². The van der Waals surface area contributed by atoms with Gasteiger partial charge in [-0.05, 0) is 79.2 Å². The third-order valence-corrected chi connectivity index (χ3v) is 5.24. The minimum atomic E-state index is -0.544. The first kappa shape index (κ1) is 25.8. The fourth-order valence-corrected chi connectivity index (χ4v) is 3.22. The molecule has 0 aromatic heterocycles. The smallest absolute Gasteiger partial charge is 0.306 e. The number of ether oxygens (including phenoxy) is 3. The highest BCUT2D eigenvalue weighted by atomic mass is 79.9. The molecule has 0 aliphatic rings. The second kappa shape index (κ2) is 13.1. The van der Waals surface area contributed by atoms with Gasteiger partial charge in [-0.25, -0.2) is 0 Å². The molecule has 3 aromatic rings. The summed E-state index contributed by atoms with van der Waals surface area (Å²) in [4.78, 5) is 35.9. The van der Waals surface area contributed by atoms with Crippen LogP contribution in [-0.2, 0) is 19.1 Å². The zero-order chi connectivity index (χ0) is 25.0. The average Bonchev–Trinajstić information content (AvgIpc) is 2.86. The second-order valence-corrected chi connectivity index (χ2v) is 8.34. The van der Waals surface area contributed by atoms with Gasteiger partial charge in [-0.1, -0.05) is 15.9 Å². The third-order valence-electron chi connectivity index (χ3n) is 4.71. The maximum Gasteiger partial charge on any atom is 0.306 e. The SMILES string of the molecule is COc1ccc(NC(=O)COC(=O)CCCC(=O)Nc2ccc(Oc3ccc(Br)cc3)cc2)cc1. The van der Waals surface area contributed by atoms with Crippen molar-refractivity contribution in [1.82, 2.24) is 0 Å². The van der Waals surface area contributed by atoms with E-state index in [-0.39, 0.29) is 18.7 Å². The quantitative estimate of drug-likeness (QED) is 0.309. The predicted molar refractivity (Wildman–Crippen MR) is 136 cm³/mol. The first-order valence-corrected chi connectivity index (χ1v) is 11.6. The molecular weight excluding hydrogens is 516 g/mol. The van der Waals surface area contributed by atoms with Crippen molar-refractivity contribution in [3.63, 3.8) is 0 Å². The fourth-order valence-electron chi connectivity index (χ4n) is 2.95. The predicted octanol–water partition coefficient (Wildman–Crippen LogP) is 5.54. The number of carbonyl (C=O) groups is 3. The van der Waals surface area contributed by atoms with E-state index < -0.39 is 18.5 Å². The van der Waals surface area contributed by atoms with Gasteiger partial charge in [0, 0.05) is 28.7 Å². The lowest BCUT2D eigenvalue weighted by Crippen LogP contribution is -2.21. The number of carbonyl (C=O) groups excluding carboxylic acids is 3. The maximum absolute atomic E-state index is 12.1. The third kappa shape index (κ3) is 9.13. The van der Waals surface area contributed by atoms with E-state index in [0.717, 1.165) is 4.47 Å². The van der Waals surface area contributed by atoms with Gasteiger partial charge in [0.15, 0.2) is 6.61 Å². The minimum absolute atomic E-state index is 0.0310. The molecule has 0 spiro atoms. The van der Waals surface area contributed by atoms with Gasteiger partial charge in [-0.15, -0.1) is 0 Å². The summed E-state index contributed by atoms with van der Waals surface area (Å²) in [6, 6.07) is 21.2. The molecule has 3 aromatic carbocycles.